The summed E-state index contributed by atoms with van der Waals surface area (Å²) in [6.45, 7) is 0.767. The number of rotatable bonds is 3. The number of hydrogen-bond donors (Lipinski definition) is 0. The van der Waals surface area contributed by atoms with E-state index in [-0.39, 0.29) is 29.8 Å². The Bertz CT molecular complexity index is 759. The van der Waals surface area contributed by atoms with E-state index in [1.54, 1.807) is 0 Å². The Kier molecular flexibility index (Phi) is 4.30. The molecule has 4 heteroatoms. The maximum atomic E-state index is 13.5. The lowest BCUT2D eigenvalue weighted by atomic mass is 9.84. The molecule has 3 fully saturated rings. The minimum Gasteiger partial charge on any atom is -0.327 e. The third-order valence-electron chi connectivity index (χ3n) is 7.07. The molecule has 1 aromatic carbocycles. The standard InChI is InChI=1S/C23H28N2O2/c26-22(19-15-18(19)16-8-2-1-3-9-16)25-20-11-5-4-10-17(20)14-21(25)23(27)24-12-6-7-13-24/h1-3,6,8-9,12,17-21H,4-5,7,10-11,13-15H2/t17-,18+,19-,20-,21-/m0/s1. The molecule has 4 nitrogen and oxygen atoms in total. The van der Waals surface area contributed by atoms with Gasteiger partial charge in [-0.25, -0.2) is 0 Å². The van der Waals surface area contributed by atoms with Gasteiger partial charge in [-0.1, -0.05) is 49.2 Å². The third kappa shape index (κ3) is 2.99. The van der Waals surface area contributed by atoms with E-state index in [1.807, 2.05) is 34.2 Å². The molecule has 5 rings (SSSR count). The van der Waals surface area contributed by atoms with Gasteiger partial charge in [0.1, 0.15) is 6.04 Å². The summed E-state index contributed by atoms with van der Waals surface area (Å²) in [6.07, 6.45) is 11.3. The number of likely N-dealkylation sites (tertiary alicyclic amines) is 1. The Balaban J connectivity index is 1.38. The fourth-order valence-corrected chi connectivity index (χ4v) is 5.59. The van der Waals surface area contributed by atoms with Gasteiger partial charge < -0.3 is 9.80 Å². The summed E-state index contributed by atoms with van der Waals surface area (Å²) in [6, 6.07) is 10.4. The minimum atomic E-state index is -0.245. The lowest BCUT2D eigenvalue weighted by molar-refractivity contribution is -0.145. The zero-order valence-electron chi connectivity index (χ0n) is 15.8. The van der Waals surface area contributed by atoms with Crippen molar-refractivity contribution < 1.29 is 9.59 Å². The molecular formula is C23H28N2O2. The summed E-state index contributed by atoms with van der Waals surface area (Å²) in [5.74, 6) is 1.29. The van der Waals surface area contributed by atoms with Gasteiger partial charge in [0, 0.05) is 24.7 Å². The van der Waals surface area contributed by atoms with E-state index in [2.05, 4.69) is 18.2 Å². The molecule has 2 heterocycles. The van der Waals surface area contributed by atoms with Crippen LogP contribution in [0.2, 0.25) is 0 Å². The average Bonchev–Trinajstić information content (AvgIpc) is 3.14. The summed E-state index contributed by atoms with van der Waals surface area (Å²) in [7, 11) is 0. The first-order valence-electron chi connectivity index (χ1n) is 10.6. The summed E-state index contributed by atoms with van der Waals surface area (Å²) >= 11 is 0. The maximum absolute atomic E-state index is 13.5. The smallest absolute Gasteiger partial charge is 0.249 e. The van der Waals surface area contributed by atoms with Crippen LogP contribution in [0.5, 0.6) is 0 Å². The molecule has 4 aliphatic rings. The zero-order chi connectivity index (χ0) is 18.4. The molecule has 0 aromatic heterocycles. The van der Waals surface area contributed by atoms with E-state index in [4.69, 9.17) is 0 Å². The molecule has 0 N–H and O–H groups in total. The van der Waals surface area contributed by atoms with Crippen molar-refractivity contribution in [2.24, 2.45) is 11.8 Å². The first-order chi connectivity index (χ1) is 13.2. The van der Waals surface area contributed by atoms with Gasteiger partial charge in [-0.15, -0.1) is 0 Å². The quantitative estimate of drug-likeness (QED) is 0.821. The highest BCUT2D eigenvalue weighted by Crippen LogP contribution is 2.51. The second-order valence-electron chi connectivity index (χ2n) is 8.67. The fraction of sp³-hybridized carbons (Fsp3) is 0.565. The number of carbonyl (C=O) groups is 2. The van der Waals surface area contributed by atoms with E-state index < -0.39 is 0 Å². The van der Waals surface area contributed by atoms with Gasteiger partial charge in [-0.2, -0.15) is 0 Å². The SMILES string of the molecule is O=C([C@@H]1C[C@@H]2CCCC[C@@H]2N1C(=O)[C@H]1C[C@@H]1c1ccccc1)N1C=CCC1. The minimum absolute atomic E-state index is 0.0671. The van der Waals surface area contributed by atoms with Gasteiger partial charge in [-0.3, -0.25) is 9.59 Å². The van der Waals surface area contributed by atoms with Crippen molar-refractivity contribution in [2.75, 3.05) is 6.54 Å². The van der Waals surface area contributed by atoms with Crippen LogP contribution in [0.4, 0.5) is 0 Å². The van der Waals surface area contributed by atoms with Gasteiger partial charge in [0.05, 0.1) is 0 Å². The van der Waals surface area contributed by atoms with Gasteiger partial charge >= 0.3 is 0 Å². The predicted octanol–water partition coefficient (Wildman–Crippen LogP) is 3.70. The molecule has 142 valence electrons. The lowest BCUT2D eigenvalue weighted by Crippen LogP contribution is -2.50. The summed E-state index contributed by atoms with van der Waals surface area (Å²) in [5.41, 5.74) is 1.26. The van der Waals surface area contributed by atoms with Crippen LogP contribution in [-0.2, 0) is 9.59 Å². The first-order valence-corrected chi connectivity index (χ1v) is 10.6. The van der Waals surface area contributed by atoms with E-state index in [0.29, 0.717) is 11.8 Å². The third-order valence-corrected chi connectivity index (χ3v) is 7.07. The number of amides is 2. The molecule has 2 aliphatic heterocycles. The van der Waals surface area contributed by atoms with Crippen LogP contribution in [0.25, 0.3) is 0 Å². The topological polar surface area (TPSA) is 40.6 Å². The molecule has 2 aliphatic carbocycles. The van der Waals surface area contributed by atoms with Gasteiger partial charge in [0.25, 0.3) is 0 Å². The summed E-state index contributed by atoms with van der Waals surface area (Å²) < 4.78 is 0. The number of nitrogens with zero attached hydrogens (tertiary/aromatic N) is 2. The van der Waals surface area contributed by atoms with Crippen molar-refractivity contribution in [3.8, 4) is 0 Å². The number of carbonyl (C=O) groups excluding carboxylic acids is 2. The highest BCUT2D eigenvalue weighted by molar-refractivity contribution is 5.91. The average molecular weight is 364 g/mol. The number of hydrogen-bond acceptors (Lipinski definition) is 2. The molecule has 2 saturated carbocycles. The van der Waals surface area contributed by atoms with Gasteiger partial charge in [-0.05, 0) is 49.5 Å². The Labute approximate surface area is 161 Å². The maximum Gasteiger partial charge on any atom is 0.249 e. The molecule has 27 heavy (non-hydrogen) atoms. The van der Waals surface area contributed by atoms with Gasteiger partial charge in [0.15, 0.2) is 0 Å². The van der Waals surface area contributed by atoms with E-state index in [0.717, 1.165) is 32.2 Å². The molecule has 0 bridgehead atoms. The molecule has 1 saturated heterocycles. The van der Waals surface area contributed by atoms with Crippen molar-refractivity contribution in [2.45, 2.75) is 62.9 Å². The Morgan fingerprint density at radius 3 is 2.56 bits per heavy atom. The summed E-state index contributed by atoms with van der Waals surface area (Å²) in [4.78, 5) is 30.6. The van der Waals surface area contributed by atoms with Crippen molar-refractivity contribution in [3.63, 3.8) is 0 Å². The fourth-order valence-electron chi connectivity index (χ4n) is 5.59. The molecule has 5 atom stereocenters. The van der Waals surface area contributed by atoms with E-state index >= 15 is 0 Å². The molecule has 0 unspecified atom stereocenters. The monoisotopic (exact) mass is 364 g/mol. The van der Waals surface area contributed by atoms with Crippen molar-refractivity contribution in [1.82, 2.24) is 9.80 Å². The Morgan fingerprint density at radius 2 is 1.78 bits per heavy atom. The van der Waals surface area contributed by atoms with Crippen molar-refractivity contribution >= 4 is 11.8 Å². The van der Waals surface area contributed by atoms with Crippen LogP contribution in [0, 0.1) is 11.8 Å². The van der Waals surface area contributed by atoms with E-state index in [9.17, 15) is 9.59 Å². The van der Waals surface area contributed by atoms with Crippen LogP contribution in [0.15, 0.2) is 42.6 Å². The van der Waals surface area contributed by atoms with Crippen LogP contribution in [0.1, 0.15) is 56.4 Å². The Morgan fingerprint density at radius 1 is 0.963 bits per heavy atom. The summed E-state index contributed by atoms with van der Waals surface area (Å²) in [5, 5.41) is 0. The van der Waals surface area contributed by atoms with Crippen LogP contribution in [0.3, 0.4) is 0 Å². The van der Waals surface area contributed by atoms with E-state index in [1.165, 1.54) is 24.8 Å². The predicted molar refractivity (Wildman–Crippen MR) is 104 cm³/mol. The lowest BCUT2D eigenvalue weighted by Gasteiger charge is -2.34. The molecule has 1 aromatic rings. The molecule has 2 amide bonds. The highest BCUT2D eigenvalue weighted by atomic mass is 16.2. The second-order valence-corrected chi connectivity index (χ2v) is 8.67. The van der Waals surface area contributed by atoms with Crippen molar-refractivity contribution in [1.29, 1.82) is 0 Å². The number of fused-ring (bicyclic) bond motifs is 1. The zero-order valence-corrected chi connectivity index (χ0v) is 15.8. The van der Waals surface area contributed by atoms with Crippen LogP contribution in [-0.4, -0.2) is 40.2 Å². The van der Waals surface area contributed by atoms with Crippen molar-refractivity contribution in [3.05, 3.63) is 48.2 Å². The largest absolute Gasteiger partial charge is 0.327 e. The highest BCUT2D eigenvalue weighted by Gasteiger charge is 2.54. The first kappa shape index (κ1) is 17.0. The van der Waals surface area contributed by atoms with Gasteiger partial charge in [0.2, 0.25) is 11.8 Å². The second kappa shape index (κ2) is 6.81. The molecule has 0 radical (unpaired) electrons. The normalized spacial score (nSPS) is 34.6. The van der Waals surface area contributed by atoms with Crippen LogP contribution < -0.4 is 0 Å². The Hall–Kier alpha value is -2.10. The molecule has 0 spiro atoms. The molecular weight excluding hydrogens is 336 g/mol. The number of benzene rings is 1. The van der Waals surface area contributed by atoms with Crippen LogP contribution >= 0.6 is 0 Å².